The minimum Gasteiger partial charge on any atom is -0.381 e. The summed E-state index contributed by atoms with van der Waals surface area (Å²) in [5.41, 5.74) is 3.44. The zero-order valence-electron chi connectivity index (χ0n) is 14.7. The first-order valence-corrected chi connectivity index (χ1v) is 10.0. The molecule has 3 nitrogen and oxygen atoms in total. The van der Waals surface area contributed by atoms with Crippen LogP contribution in [0.5, 0.6) is 0 Å². The van der Waals surface area contributed by atoms with Gasteiger partial charge in [-0.25, -0.2) is 0 Å². The smallest absolute Gasteiger partial charge is 0.0693 e. The molecular weight excluding hydrogens is 364 g/mol. The fraction of sp³-hybridized carbons (Fsp3) is 0.286. The molecule has 1 aliphatic rings. The van der Waals surface area contributed by atoms with Gasteiger partial charge in [-0.1, -0.05) is 41.6 Å². The molecule has 0 saturated carbocycles. The van der Waals surface area contributed by atoms with Crippen molar-refractivity contribution in [1.29, 1.82) is 0 Å². The van der Waals surface area contributed by atoms with Crippen LogP contribution >= 0.6 is 23.4 Å². The first-order chi connectivity index (χ1) is 12.7. The predicted molar refractivity (Wildman–Crippen MR) is 107 cm³/mol. The van der Waals surface area contributed by atoms with Crippen LogP contribution in [-0.2, 0) is 11.8 Å². The van der Waals surface area contributed by atoms with Crippen molar-refractivity contribution < 1.29 is 4.74 Å². The third-order valence-electron chi connectivity index (χ3n) is 4.82. The molecule has 1 aliphatic heterocycles. The highest BCUT2D eigenvalue weighted by Gasteiger charge is 2.16. The zero-order chi connectivity index (χ0) is 17.9. The Morgan fingerprint density at radius 1 is 1.08 bits per heavy atom. The Balaban J connectivity index is 1.54. The molecule has 0 aliphatic carbocycles. The van der Waals surface area contributed by atoms with Crippen LogP contribution in [0.25, 0.3) is 11.3 Å². The molecule has 2 aromatic carbocycles. The van der Waals surface area contributed by atoms with E-state index in [9.17, 15) is 0 Å². The number of rotatable bonds is 4. The number of aromatic nitrogens is 2. The van der Waals surface area contributed by atoms with E-state index in [1.165, 1.54) is 10.5 Å². The maximum atomic E-state index is 6.54. The first-order valence-electron chi connectivity index (χ1n) is 8.84. The largest absolute Gasteiger partial charge is 0.381 e. The van der Waals surface area contributed by atoms with E-state index in [0.29, 0.717) is 5.92 Å². The quantitative estimate of drug-likeness (QED) is 0.570. The number of halogens is 1. The van der Waals surface area contributed by atoms with Gasteiger partial charge in [-0.15, -0.1) is 0 Å². The van der Waals surface area contributed by atoms with Crippen LogP contribution in [0.1, 0.15) is 24.3 Å². The molecule has 0 unspecified atom stereocenters. The molecule has 0 amide bonds. The van der Waals surface area contributed by atoms with Gasteiger partial charge in [-0.3, -0.25) is 4.68 Å². The van der Waals surface area contributed by atoms with Crippen LogP contribution < -0.4 is 0 Å². The molecule has 2 heterocycles. The minimum absolute atomic E-state index is 0.611. The third kappa shape index (κ3) is 3.83. The summed E-state index contributed by atoms with van der Waals surface area (Å²) in [6, 6.07) is 17.1. The standard InChI is InChI=1S/C21H21ClN2OS/c1-24-21(7-10-23-24)19-6-5-18(14-20(19)22)26-17-4-2-3-16(13-17)15-8-11-25-12-9-15/h2-7,10,13-15H,8-9,11-12H2,1H3. The topological polar surface area (TPSA) is 27.1 Å². The first kappa shape index (κ1) is 17.7. The normalized spacial score (nSPS) is 15.3. The lowest BCUT2D eigenvalue weighted by atomic mass is 9.92. The van der Waals surface area contributed by atoms with Gasteiger partial charge in [0, 0.05) is 41.8 Å². The van der Waals surface area contributed by atoms with E-state index in [0.717, 1.165) is 47.2 Å². The number of ether oxygens (including phenoxy) is 1. The molecule has 1 fully saturated rings. The van der Waals surface area contributed by atoms with Crippen LogP contribution in [-0.4, -0.2) is 23.0 Å². The monoisotopic (exact) mass is 384 g/mol. The Morgan fingerprint density at radius 2 is 1.88 bits per heavy atom. The van der Waals surface area contributed by atoms with Gasteiger partial charge in [-0.2, -0.15) is 5.10 Å². The van der Waals surface area contributed by atoms with Gasteiger partial charge in [0.15, 0.2) is 0 Å². The average molecular weight is 385 g/mol. The van der Waals surface area contributed by atoms with Gasteiger partial charge in [0.25, 0.3) is 0 Å². The van der Waals surface area contributed by atoms with Gasteiger partial charge < -0.3 is 4.74 Å². The number of aryl methyl sites for hydroxylation is 1. The van der Waals surface area contributed by atoms with E-state index in [1.807, 2.05) is 23.9 Å². The van der Waals surface area contributed by atoms with E-state index in [1.54, 1.807) is 18.0 Å². The number of benzene rings is 2. The number of hydrogen-bond donors (Lipinski definition) is 0. The van der Waals surface area contributed by atoms with Crippen LogP contribution in [0.2, 0.25) is 5.02 Å². The Hall–Kier alpha value is -1.75. The van der Waals surface area contributed by atoms with Gasteiger partial charge in [-0.05, 0) is 54.7 Å². The van der Waals surface area contributed by atoms with Crippen molar-refractivity contribution in [1.82, 2.24) is 9.78 Å². The van der Waals surface area contributed by atoms with E-state index in [-0.39, 0.29) is 0 Å². The molecule has 1 saturated heterocycles. The molecule has 0 spiro atoms. The highest BCUT2D eigenvalue weighted by molar-refractivity contribution is 7.99. The summed E-state index contributed by atoms with van der Waals surface area (Å²) in [5, 5.41) is 4.97. The van der Waals surface area contributed by atoms with E-state index in [2.05, 4.69) is 41.5 Å². The second-order valence-corrected chi connectivity index (χ2v) is 8.10. The van der Waals surface area contributed by atoms with E-state index >= 15 is 0 Å². The molecule has 0 atom stereocenters. The summed E-state index contributed by atoms with van der Waals surface area (Å²) in [6.07, 6.45) is 4.01. The molecule has 0 bridgehead atoms. The van der Waals surface area contributed by atoms with E-state index < -0.39 is 0 Å². The Labute approximate surface area is 163 Å². The Morgan fingerprint density at radius 3 is 2.62 bits per heavy atom. The van der Waals surface area contributed by atoms with Crippen molar-refractivity contribution >= 4 is 23.4 Å². The molecule has 3 aromatic rings. The van der Waals surface area contributed by atoms with Gasteiger partial charge in [0.2, 0.25) is 0 Å². The summed E-state index contributed by atoms with van der Waals surface area (Å²) in [4.78, 5) is 2.39. The van der Waals surface area contributed by atoms with Crippen LogP contribution in [0.3, 0.4) is 0 Å². The highest BCUT2D eigenvalue weighted by atomic mass is 35.5. The summed E-state index contributed by atoms with van der Waals surface area (Å²) < 4.78 is 7.32. The minimum atomic E-state index is 0.611. The Kier molecular flexibility index (Phi) is 5.34. The molecule has 0 N–H and O–H groups in total. The molecule has 4 rings (SSSR count). The molecule has 0 radical (unpaired) electrons. The molecular formula is C21H21ClN2OS. The summed E-state index contributed by atoms with van der Waals surface area (Å²) in [6.45, 7) is 1.74. The van der Waals surface area contributed by atoms with Crippen LogP contribution in [0.15, 0.2) is 64.5 Å². The second-order valence-electron chi connectivity index (χ2n) is 6.54. The highest BCUT2D eigenvalue weighted by Crippen LogP contribution is 2.36. The average Bonchev–Trinajstić information content (AvgIpc) is 3.09. The third-order valence-corrected chi connectivity index (χ3v) is 6.12. The summed E-state index contributed by atoms with van der Waals surface area (Å²) in [7, 11) is 1.93. The fourth-order valence-electron chi connectivity index (χ4n) is 3.40. The number of nitrogens with zero attached hydrogens (tertiary/aromatic N) is 2. The van der Waals surface area contributed by atoms with Crippen molar-refractivity contribution in [3.05, 3.63) is 65.3 Å². The second kappa shape index (κ2) is 7.87. The SMILES string of the molecule is Cn1nccc1-c1ccc(Sc2cccc(C3CCOCC3)c2)cc1Cl. The van der Waals surface area contributed by atoms with Gasteiger partial charge >= 0.3 is 0 Å². The maximum Gasteiger partial charge on any atom is 0.0693 e. The van der Waals surface area contributed by atoms with Gasteiger partial charge in [0.05, 0.1) is 10.7 Å². The Bertz CT molecular complexity index is 903. The maximum absolute atomic E-state index is 6.54. The predicted octanol–water partition coefficient (Wildman–Crippen LogP) is 5.79. The molecule has 5 heteroatoms. The van der Waals surface area contributed by atoms with Crippen molar-refractivity contribution in [2.75, 3.05) is 13.2 Å². The van der Waals surface area contributed by atoms with Crippen molar-refractivity contribution in [3.8, 4) is 11.3 Å². The summed E-state index contributed by atoms with van der Waals surface area (Å²) >= 11 is 8.30. The van der Waals surface area contributed by atoms with Crippen LogP contribution in [0.4, 0.5) is 0 Å². The lowest BCUT2D eigenvalue weighted by Gasteiger charge is -2.22. The van der Waals surface area contributed by atoms with Crippen LogP contribution in [0, 0.1) is 0 Å². The zero-order valence-corrected chi connectivity index (χ0v) is 16.3. The van der Waals surface area contributed by atoms with E-state index in [4.69, 9.17) is 16.3 Å². The van der Waals surface area contributed by atoms with Crippen molar-refractivity contribution in [3.63, 3.8) is 0 Å². The lowest BCUT2D eigenvalue weighted by Crippen LogP contribution is -2.13. The molecule has 1 aromatic heterocycles. The summed E-state index contributed by atoms with van der Waals surface area (Å²) in [5.74, 6) is 0.611. The van der Waals surface area contributed by atoms with Crippen molar-refractivity contribution in [2.45, 2.75) is 28.6 Å². The molecule has 134 valence electrons. The number of hydrogen-bond acceptors (Lipinski definition) is 3. The lowest BCUT2D eigenvalue weighted by molar-refractivity contribution is 0.0853. The fourth-order valence-corrected chi connectivity index (χ4v) is 4.67. The van der Waals surface area contributed by atoms with Crippen molar-refractivity contribution in [2.24, 2.45) is 7.05 Å². The van der Waals surface area contributed by atoms with Gasteiger partial charge in [0.1, 0.15) is 0 Å². The molecule has 26 heavy (non-hydrogen) atoms.